The summed E-state index contributed by atoms with van der Waals surface area (Å²) in [5.41, 5.74) is 0.871. The number of ether oxygens (including phenoxy) is 1. The number of carboxylic acids is 1. The zero-order chi connectivity index (χ0) is 17.8. The molecule has 1 N–H and O–H groups in total. The standard InChI is InChI=1S/C17H22N4O4/c1-12(17(22)23)21-9-7-20(8-10-21)11-15-18-16(19-25-15)13-3-5-14(24-2)6-4-13/h3-6,12H,7-11H2,1-2H3,(H,22,23). The smallest absolute Gasteiger partial charge is 0.320 e. The van der Waals surface area contributed by atoms with Gasteiger partial charge in [-0.25, -0.2) is 0 Å². The number of benzene rings is 1. The first-order chi connectivity index (χ1) is 12.1. The first-order valence-electron chi connectivity index (χ1n) is 8.23. The number of piperazine rings is 1. The molecule has 1 aromatic heterocycles. The van der Waals surface area contributed by atoms with Crippen molar-refractivity contribution < 1.29 is 19.2 Å². The van der Waals surface area contributed by atoms with Crippen molar-refractivity contribution in [3.63, 3.8) is 0 Å². The van der Waals surface area contributed by atoms with Crippen LogP contribution in [0.3, 0.4) is 0 Å². The lowest BCUT2D eigenvalue weighted by Gasteiger charge is -2.35. The van der Waals surface area contributed by atoms with Crippen molar-refractivity contribution in [1.29, 1.82) is 0 Å². The molecule has 1 aliphatic rings. The van der Waals surface area contributed by atoms with Gasteiger partial charge >= 0.3 is 5.97 Å². The van der Waals surface area contributed by atoms with Gasteiger partial charge in [0.1, 0.15) is 11.8 Å². The van der Waals surface area contributed by atoms with E-state index in [2.05, 4.69) is 15.0 Å². The summed E-state index contributed by atoms with van der Waals surface area (Å²) in [4.78, 5) is 19.7. The molecule has 2 aromatic rings. The fourth-order valence-electron chi connectivity index (χ4n) is 2.83. The lowest BCUT2D eigenvalue weighted by molar-refractivity contribution is -0.143. The van der Waals surface area contributed by atoms with Gasteiger partial charge in [-0.15, -0.1) is 0 Å². The highest BCUT2D eigenvalue weighted by Crippen LogP contribution is 2.20. The van der Waals surface area contributed by atoms with E-state index in [1.807, 2.05) is 29.2 Å². The van der Waals surface area contributed by atoms with E-state index < -0.39 is 12.0 Å². The fraction of sp³-hybridized carbons (Fsp3) is 0.471. The van der Waals surface area contributed by atoms with Gasteiger partial charge in [0, 0.05) is 31.7 Å². The van der Waals surface area contributed by atoms with E-state index in [1.165, 1.54) is 0 Å². The van der Waals surface area contributed by atoms with Gasteiger partial charge in [0.05, 0.1) is 13.7 Å². The van der Waals surface area contributed by atoms with Crippen LogP contribution in [0.2, 0.25) is 0 Å². The molecule has 1 saturated heterocycles. The Balaban J connectivity index is 1.56. The fourth-order valence-corrected chi connectivity index (χ4v) is 2.83. The topological polar surface area (TPSA) is 91.9 Å². The van der Waals surface area contributed by atoms with Gasteiger partial charge in [0.25, 0.3) is 0 Å². The molecule has 8 heteroatoms. The van der Waals surface area contributed by atoms with E-state index in [1.54, 1.807) is 14.0 Å². The average molecular weight is 346 g/mol. The zero-order valence-corrected chi connectivity index (χ0v) is 14.4. The van der Waals surface area contributed by atoms with Crippen LogP contribution in [0.4, 0.5) is 0 Å². The minimum atomic E-state index is -0.783. The summed E-state index contributed by atoms with van der Waals surface area (Å²) in [6, 6.07) is 7.04. The lowest BCUT2D eigenvalue weighted by atomic mass is 10.2. The Morgan fingerprint density at radius 2 is 1.96 bits per heavy atom. The Morgan fingerprint density at radius 1 is 1.28 bits per heavy atom. The minimum Gasteiger partial charge on any atom is -0.497 e. The summed E-state index contributed by atoms with van der Waals surface area (Å²) in [6.45, 7) is 5.27. The highest BCUT2D eigenvalue weighted by atomic mass is 16.5. The summed E-state index contributed by atoms with van der Waals surface area (Å²) < 4.78 is 10.5. The Kier molecular flexibility index (Phi) is 5.30. The maximum Gasteiger partial charge on any atom is 0.320 e. The molecule has 0 radical (unpaired) electrons. The molecule has 0 aliphatic carbocycles. The van der Waals surface area contributed by atoms with E-state index in [0.717, 1.165) is 24.4 Å². The van der Waals surface area contributed by atoms with E-state index in [-0.39, 0.29) is 0 Å². The van der Waals surface area contributed by atoms with Crippen molar-refractivity contribution in [3.8, 4) is 17.1 Å². The number of methoxy groups -OCH3 is 1. The second-order valence-electron chi connectivity index (χ2n) is 6.07. The van der Waals surface area contributed by atoms with Crippen LogP contribution in [0.25, 0.3) is 11.4 Å². The molecule has 8 nitrogen and oxygen atoms in total. The number of carboxylic acid groups (broad SMARTS) is 1. The monoisotopic (exact) mass is 346 g/mol. The average Bonchev–Trinajstić information content (AvgIpc) is 3.10. The molecular weight excluding hydrogens is 324 g/mol. The number of aliphatic carboxylic acids is 1. The Hall–Kier alpha value is -2.45. The van der Waals surface area contributed by atoms with Crippen molar-refractivity contribution in [2.45, 2.75) is 19.5 Å². The molecule has 3 rings (SSSR count). The molecule has 134 valence electrons. The molecule has 1 aliphatic heterocycles. The largest absolute Gasteiger partial charge is 0.497 e. The zero-order valence-electron chi connectivity index (χ0n) is 14.4. The Morgan fingerprint density at radius 3 is 2.56 bits per heavy atom. The Labute approximate surface area is 146 Å². The molecule has 0 bridgehead atoms. The molecule has 2 heterocycles. The predicted molar refractivity (Wildman–Crippen MR) is 90.2 cm³/mol. The normalized spacial score (nSPS) is 17.4. The highest BCUT2D eigenvalue weighted by molar-refractivity contribution is 5.72. The molecule has 0 spiro atoms. The molecule has 1 unspecified atom stereocenters. The summed E-state index contributed by atoms with van der Waals surface area (Å²) >= 11 is 0. The van der Waals surface area contributed by atoms with Crippen LogP contribution in [0.5, 0.6) is 5.75 Å². The van der Waals surface area contributed by atoms with Crippen LogP contribution in [-0.2, 0) is 11.3 Å². The van der Waals surface area contributed by atoms with Gasteiger partial charge in [-0.2, -0.15) is 4.98 Å². The number of carbonyl (C=O) groups is 1. The molecule has 1 fully saturated rings. The third-order valence-corrected chi connectivity index (χ3v) is 4.49. The number of hydrogen-bond donors (Lipinski definition) is 1. The summed E-state index contributed by atoms with van der Waals surface area (Å²) in [7, 11) is 1.62. The maximum absolute atomic E-state index is 11.1. The van der Waals surface area contributed by atoms with Crippen molar-refractivity contribution in [2.24, 2.45) is 0 Å². The van der Waals surface area contributed by atoms with Crippen molar-refractivity contribution in [2.75, 3.05) is 33.3 Å². The van der Waals surface area contributed by atoms with Gasteiger partial charge in [-0.1, -0.05) is 5.16 Å². The van der Waals surface area contributed by atoms with Crippen LogP contribution in [-0.4, -0.2) is 70.3 Å². The van der Waals surface area contributed by atoms with Crippen molar-refractivity contribution in [1.82, 2.24) is 19.9 Å². The molecule has 0 saturated carbocycles. The van der Waals surface area contributed by atoms with E-state index in [0.29, 0.717) is 31.3 Å². The second-order valence-corrected chi connectivity index (χ2v) is 6.07. The van der Waals surface area contributed by atoms with E-state index in [4.69, 9.17) is 14.4 Å². The lowest BCUT2D eigenvalue weighted by Crippen LogP contribution is -2.51. The van der Waals surface area contributed by atoms with Crippen molar-refractivity contribution >= 4 is 5.97 Å². The summed E-state index contributed by atoms with van der Waals surface area (Å²) in [6.07, 6.45) is 0. The quantitative estimate of drug-likeness (QED) is 0.838. The van der Waals surface area contributed by atoms with Crippen LogP contribution in [0.15, 0.2) is 28.8 Å². The minimum absolute atomic E-state index is 0.452. The van der Waals surface area contributed by atoms with Crippen LogP contribution in [0.1, 0.15) is 12.8 Å². The predicted octanol–water partition coefficient (Wildman–Crippen LogP) is 1.34. The molecule has 25 heavy (non-hydrogen) atoms. The number of hydrogen-bond acceptors (Lipinski definition) is 7. The Bertz CT molecular complexity index is 708. The van der Waals surface area contributed by atoms with Crippen molar-refractivity contribution in [3.05, 3.63) is 30.2 Å². The van der Waals surface area contributed by atoms with Gasteiger partial charge in [-0.05, 0) is 31.2 Å². The third kappa shape index (κ3) is 4.15. The van der Waals surface area contributed by atoms with Crippen LogP contribution in [0, 0.1) is 0 Å². The maximum atomic E-state index is 11.1. The molecular formula is C17H22N4O4. The van der Waals surface area contributed by atoms with Crippen LogP contribution >= 0.6 is 0 Å². The van der Waals surface area contributed by atoms with Gasteiger partial charge < -0.3 is 14.4 Å². The number of nitrogens with zero attached hydrogens (tertiary/aromatic N) is 4. The van der Waals surface area contributed by atoms with Gasteiger partial charge in [0.2, 0.25) is 11.7 Å². The number of aromatic nitrogens is 2. The SMILES string of the molecule is COc1ccc(-c2noc(CN3CCN(C(C)C(=O)O)CC3)n2)cc1. The number of rotatable bonds is 6. The molecule has 1 aromatic carbocycles. The van der Waals surface area contributed by atoms with E-state index in [9.17, 15) is 4.79 Å². The summed E-state index contributed by atoms with van der Waals surface area (Å²) in [5.74, 6) is 1.11. The summed E-state index contributed by atoms with van der Waals surface area (Å²) in [5, 5.41) is 13.1. The highest BCUT2D eigenvalue weighted by Gasteiger charge is 2.25. The third-order valence-electron chi connectivity index (χ3n) is 4.49. The van der Waals surface area contributed by atoms with Gasteiger partial charge in [0.15, 0.2) is 0 Å². The second kappa shape index (κ2) is 7.62. The van der Waals surface area contributed by atoms with Crippen LogP contribution < -0.4 is 4.74 Å². The van der Waals surface area contributed by atoms with Gasteiger partial charge in [-0.3, -0.25) is 14.6 Å². The molecule has 0 amide bonds. The molecule has 1 atom stereocenters. The first kappa shape index (κ1) is 17.4. The van der Waals surface area contributed by atoms with E-state index >= 15 is 0 Å². The first-order valence-corrected chi connectivity index (χ1v) is 8.23.